The van der Waals surface area contributed by atoms with Gasteiger partial charge in [-0.3, -0.25) is 0 Å². The summed E-state index contributed by atoms with van der Waals surface area (Å²) in [6.45, 7) is 0.265. The molecule has 1 aliphatic rings. The summed E-state index contributed by atoms with van der Waals surface area (Å²) in [6, 6.07) is 47.9. The summed E-state index contributed by atoms with van der Waals surface area (Å²) in [5, 5.41) is 7.94. The highest BCUT2D eigenvalue weighted by Crippen LogP contribution is 2.43. The van der Waals surface area contributed by atoms with Gasteiger partial charge < -0.3 is 9.47 Å². The Labute approximate surface area is 208 Å². The van der Waals surface area contributed by atoms with Crippen molar-refractivity contribution in [1.29, 1.82) is 0 Å². The van der Waals surface area contributed by atoms with E-state index in [2.05, 4.69) is 133 Å². The highest BCUT2D eigenvalue weighted by atomic mass is 31.1. The highest BCUT2D eigenvalue weighted by molar-refractivity contribution is 7.85. The Morgan fingerprint density at radius 2 is 0.686 bits per heavy atom. The molecule has 2 nitrogen and oxygen atoms in total. The minimum Gasteiger partial charge on any atom is -0.454 e. The van der Waals surface area contributed by atoms with E-state index < -0.39 is 15.8 Å². The lowest BCUT2D eigenvalue weighted by Crippen LogP contribution is -2.34. The van der Waals surface area contributed by atoms with Crippen LogP contribution in [0, 0.1) is 0 Å². The topological polar surface area (TPSA) is 18.5 Å². The summed E-state index contributed by atoms with van der Waals surface area (Å²) in [5.74, 6) is 1.67. The van der Waals surface area contributed by atoms with Crippen molar-refractivity contribution in [2.24, 2.45) is 0 Å². The number of benzene rings is 5. The average Bonchev–Trinajstić information content (AvgIpc) is 3.39. The lowest BCUT2D eigenvalue weighted by atomic mass is 10.3. The molecule has 0 radical (unpaired) electrons. The van der Waals surface area contributed by atoms with Crippen LogP contribution in [0.15, 0.2) is 133 Å². The molecule has 0 saturated carbocycles. The zero-order chi connectivity index (χ0) is 23.5. The van der Waals surface area contributed by atoms with Crippen LogP contribution in [0.1, 0.15) is 0 Å². The molecule has 0 atom stereocenters. The molecule has 0 amide bonds. The predicted molar refractivity (Wildman–Crippen MR) is 150 cm³/mol. The maximum Gasteiger partial charge on any atom is 0.231 e. The van der Waals surface area contributed by atoms with Crippen molar-refractivity contribution in [2.75, 3.05) is 6.79 Å². The smallest absolute Gasteiger partial charge is 0.231 e. The van der Waals surface area contributed by atoms with Crippen molar-refractivity contribution in [3.8, 4) is 11.5 Å². The second-order valence-electron chi connectivity index (χ2n) is 8.21. The van der Waals surface area contributed by atoms with E-state index in [0.29, 0.717) is 0 Å². The number of hydrogen-bond donors (Lipinski definition) is 0. The Bertz CT molecular complexity index is 1220. The van der Waals surface area contributed by atoms with Crippen LogP contribution in [-0.4, -0.2) is 6.79 Å². The van der Waals surface area contributed by atoms with E-state index in [1.165, 1.54) is 31.8 Å². The Morgan fingerprint density at radius 3 is 0.971 bits per heavy atom. The summed E-state index contributed by atoms with van der Waals surface area (Å²) in [6.07, 6.45) is 0. The molecule has 1 aliphatic heterocycles. The van der Waals surface area contributed by atoms with Crippen LogP contribution in [0.3, 0.4) is 0 Å². The van der Waals surface area contributed by atoms with E-state index in [4.69, 9.17) is 9.47 Å². The van der Waals surface area contributed by atoms with Gasteiger partial charge in [0.15, 0.2) is 11.5 Å². The van der Waals surface area contributed by atoms with Gasteiger partial charge in [0, 0.05) is 0 Å². The predicted octanol–water partition coefficient (Wildman–Crippen LogP) is 4.93. The first-order chi connectivity index (χ1) is 17.4. The standard InChI is InChI=1S/C31H24O2P2/c1-5-13-24(14-6-1)34(25-15-7-2-8-16-25)30-21-28-29(33-23-32-28)22-31(30)35(26-17-9-3-10-18-26)27-19-11-4-12-20-27/h1-22H,23H2. The van der Waals surface area contributed by atoms with Crippen LogP contribution in [0.25, 0.3) is 0 Å². The zero-order valence-corrected chi connectivity index (χ0v) is 20.9. The second-order valence-corrected chi connectivity index (χ2v) is 12.6. The van der Waals surface area contributed by atoms with Gasteiger partial charge in [0.25, 0.3) is 0 Å². The number of fused-ring (bicyclic) bond motifs is 1. The molecule has 4 heteroatoms. The van der Waals surface area contributed by atoms with Gasteiger partial charge in [-0.2, -0.15) is 0 Å². The molecule has 5 aromatic rings. The monoisotopic (exact) mass is 490 g/mol. The van der Waals surface area contributed by atoms with E-state index in [-0.39, 0.29) is 6.79 Å². The molecule has 0 bridgehead atoms. The summed E-state index contributed by atoms with van der Waals surface area (Å²) >= 11 is 0. The molecule has 6 rings (SSSR count). The average molecular weight is 490 g/mol. The third kappa shape index (κ3) is 4.48. The molecule has 35 heavy (non-hydrogen) atoms. The number of ether oxygens (including phenoxy) is 2. The molecule has 5 aromatic carbocycles. The lowest BCUT2D eigenvalue weighted by Gasteiger charge is -2.27. The molecule has 0 saturated heterocycles. The van der Waals surface area contributed by atoms with E-state index in [0.717, 1.165) is 11.5 Å². The van der Waals surface area contributed by atoms with Gasteiger partial charge >= 0.3 is 0 Å². The van der Waals surface area contributed by atoms with Crippen LogP contribution in [-0.2, 0) is 0 Å². The van der Waals surface area contributed by atoms with E-state index in [9.17, 15) is 0 Å². The Hall–Kier alpha value is -3.44. The SMILES string of the molecule is c1ccc(P(c2ccccc2)c2cc3c(cc2P(c2ccccc2)c2ccccc2)OCO3)cc1. The highest BCUT2D eigenvalue weighted by Gasteiger charge is 2.29. The molecular formula is C31H24O2P2. The van der Waals surface area contributed by atoms with Crippen LogP contribution < -0.4 is 41.3 Å². The molecule has 0 aromatic heterocycles. The molecule has 170 valence electrons. The summed E-state index contributed by atoms with van der Waals surface area (Å²) in [7, 11) is -1.61. The van der Waals surface area contributed by atoms with Gasteiger partial charge in [-0.1, -0.05) is 121 Å². The molecule has 0 spiro atoms. The Kier molecular flexibility index (Phi) is 6.33. The quantitative estimate of drug-likeness (QED) is 0.314. The minimum atomic E-state index is -0.806. The van der Waals surface area contributed by atoms with Gasteiger partial charge in [-0.05, 0) is 59.8 Å². The normalized spacial score (nSPS) is 12.3. The van der Waals surface area contributed by atoms with E-state index >= 15 is 0 Å². The Morgan fingerprint density at radius 1 is 0.400 bits per heavy atom. The Balaban J connectivity index is 1.64. The molecule has 0 unspecified atom stereocenters. The minimum absolute atomic E-state index is 0.265. The fourth-order valence-corrected chi connectivity index (χ4v) is 9.71. The number of hydrogen-bond acceptors (Lipinski definition) is 2. The number of rotatable bonds is 6. The van der Waals surface area contributed by atoms with Crippen molar-refractivity contribution < 1.29 is 9.47 Å². The lowest BCUT2D eigenvalue weighted by molar-refractivity contribution is 0.174. The van der Waals surface area contributed by atoms with Crippen LogP contribution >= 0.6 is 15.8 Å². The fourth-order valence-electron chi connectivity index (χ4n) is 4.44. The van der Waals surface area contributed by atoms with Crippen LogP contribution in [0.5, 0.6) is 11.5 Å². The largest absolute Gasteiger partial charge is 0.454 e. The van der Waals surface area contributed by atoms with Crippen molar-refractivity contribution in [2.45, 2.75) is 0 Å². The molecule has 0 N–H and O–H groups in total. The van der Waals surface area contributed by atoms with E-state index in [1.54, 1.807) is 0 Å². The summed E-state index contributed by atoms with van der Waals surface area (Å²) in [4.78, 5) is 0. The molecule has 0 fully saturated rings. The first-order valence-electron chi connectivity index (χ1n) is 11.6. The first kappa shape index (κ1) is 22.1. The third-order valence-electron chi connectivity index (χ3n) is 6.01. The molecular weight excluding hydrogens is 466 g/mol. The second kappa shape index (κ2) is 10.0. The van der Waals surface area contributed by atoms with Crippen molar-refractivity contribution in [3.63, 3.8) is 0 Å². The zero-order valence-electron chi connectivity index (χ0n) is 19.1. The van der Waals surface area contributed by atoms with Gasteiger partial charge in [0.1, 0.15) is 0 Å². The first-order valence-corrected chi connectivity index (χ1v) is 14.3. The third-order valence-corrected chi connectivity index (χ3v) is 11.1. The maximum absolute atomic E-state index is 5.90. The summed E-state index contributed by atoms with van der Waals surface area (Å²) in [5.41, 5.74) is 0. The van der Waals surface area contributed by atoms with Gasteiger partial charge in [-0.25, -0.2) is 0 Å². The molecule has 0 aliphatic carbocycles. The molecule has 1 heterocycles. The van der Waals surface area contributed by atoms with Crippen LogP contribution in [0.2, 0.25) is 0 Å². The van der Waals surface area contributed by atoms with Crippen molar-refractivity contribution in [1.82, 2.24) is 0 Å². The van der Waals surface area contributed by atoms with Gasteiger partial charge in [0.05, 0.1) is 0 Å². The van der Waals surface area contributed by atoms with Crippen molar-refractivity contribution in [3.05, 3.63) is 133 Å². The van der Waals surface area contributed by atoms with E-state index in [1.807, 2.05) is 0 Å². The fraction of sp³-hybridized carbons (Fsp3) is 0.0323. The van der Waals surface area contributed by atoms with Gasteiger partial charge in [-0.15, -0.1) is 0 Å². The maximum atomic E-state index is 5.90. The summed E-state index contributed by atoms with van der Waals surface area (Å²) < 4.78 is 11.8. The van der Waals surface area contributed by atoms with Gasteiger partial charge in [0.2, 0.25) is 6.79 Å². The van der Waals surface area contributed by atoms with Crippen molar-refractivity contribution >= 4 is 47.7 Å². The van der Waals surface area contributed by atoms with Crippen LogP contribution in [0.4, 0.5) is 0 Å².